The van der Waals surface area contributed by atoms with E-state index < -0.39 is 5.97 Å². The molecule has 0 aliphatic rings. The number of hydrogen-bond donors (Lipinski definition) is 2. The molecule has 0 bridgehead atoms. The third-order valence-electron chi connectivity index (χ3n) is 2.03. The van der Waals surface area contributed by atoms with Crippen molar-refractivity contribution in [2.45, 2.75) is 13.5 Å². The third kappa shape index (κ3) is 2.96. The summed E-state index contributed by atoms with van der Waals surface area (Å²) in [5.41, 5.74) is 0.536. The smallest absolute Gasteiger partial charge is 0.347 e. The van der Waals surface area contributed by atoms with Gasteiger partial charge in [0.15, 0.2) is 5.13 Å². The molecule has 17 heavy (non-hydrogen) atoms. The first-order valence-electron chi connectivity index (χ1n) is 4.75. The van der Waals surface area contributed by atoms with Gasteiger partial charge in [-0.2, -0.15) is 0 Å². The van der Waals surface area contributed by atoms with Crippen LogP contribution < -0.4 is 5.32 Å². The van der Waals surface area contributed by atoms with E-state index in [-0.39, 0.29) is 4.88 Å². The second kappa shape index (κ2) is 5.03. The molecule has 0 aromatic carbocycles. The van der Waals surface area contributed by atoms with Gasteiger partial charge in [0, 0.05) is 4.88 Å². The van der Waals surface area contributed by atoms with E-state index in [9.17, 15) is 4.79 Å². The number of nitrogens with zero attached hydrogens (tertiary/aromatic N) is 1. The van der Waals surface area contributed by atoms with Crippen LogP contribution in [-0.2, 0) is 6.54 Å². The zero-order valence-electron chi connectivity index (χ0n) is 8.86. The summed E-state index contributed by atoms with van der Waals surface area (Å²) in [4.78, 5) is 16.3. The Hall–Kier alpha value is -1.11. The summed E-state index contributed by atoms with van der Waals surface area (Å²) in [6.45, 7) is 2.29. The molecule has 4 nitrogen and oxygen atoms in total. The number of aryl methyl sites for hydroxylation is 1. The highest BCUT2D eigenvalue weighted by molar-refractivity contribution is 7.17. The number of thiazole rings is 1. The number of carboxylic acid groups (broad SMARTS) is 1. The number of carboxylic acids is 1. The highest BCUT2D eigenvalue weighted by atomic mass is 35.5. The topological polar surface area (TPSA) is 62.2 Å². The summed E-state index contributed by atoms with van der Waals surface area (Å²) < 4.78 is 0.739. The van der Waals surface area contributed by atoms with Crippen LogP contribution in [0.15, 0.2) is 12.1 Å². The van der Waals surface area contributed by atoms with Crippen molar-refractivity contribution in [2.75, 3.05) is 5.32 Å². The monoisotopic (exact) mass is 288 g/mol. The van der Waals surface area contributed by atoms with E-state index in [2.05, 4.69) is 10.3 Å². The van der Waals surface area contributed by atoms with E-state index in [1.54, 1.807) is 6.92 Å². The molecule has 0 saturated heterocycles. The molecule has 0 unspecified atom stereocenters. The number of carbonyl (C=O) groups is 1. The second-order valence-corrected chi connectivity index (χ2v) is 6.10. The lowest BCUT2D eigenvalue weighted by Crippen LogP contribution is -1.96. The molecule has 2 aromatic heterocycles. The van der Waals surface area contributed by atoms with Crippen molar-refractivity contribution in [2.24, 2.45) is 0 Å². The number of rotatable bonds is 4. The Morgan fingerprint density at radius 3 is 2.82 bits per heavy atom. The van der Waals surface area contributed by atoms with Gasteiger partial charge in [0.2, 0.25) is 0 Å². The highest BCUT2D eigenvalue weighted by Crippen LogP contribution is 2.25. The predicted octanol–water partition coefficient (Wildman–Crippen LogP) is 3.48. The Kier molecular flexibility index (Phi) is 3.66. The Morgan fingerprint density at radius 2 is 2.29 bits per heavy atom. The van der Waals surface area contributed by atoms with E-state index >= 15 is 0 Å². The lowest BCUT2D eigenvalue weighted by molar-refractivity contribution is 0.0701. The molecule has 0 aliphatic heterocycles. The van der Waals surface area contributed by atoms with E-state index in [1.807, 2.05) is 12.1 Å². The quantitative estimate of drug-likeness (QED) is 0.904. The summed E-state index contributed by atoms with van der Waals surface area (Å²) >= 11 is 8.44. The molecule has 7 heteroatoms. The standard InChI is InChI=1S/C10H9ClN2O2S2/c1-5-8(9(14)15)17-10(13-5)12-4-6-2-3-7(11)16-6/h2-3H,4H2,1H3,(H,12,13)(H,14,15). The van der Waals surface area contributed by atoms with Crippen molar-refractivity contribution >= 4 is 45.4 Å². The fourth-order valence-electron chi connectivity index (χ4n) is 1.28. The van der Waals surface area contributed by atoms with Crippen molar-refractivity contribution in [1.29, 1.82) is 0 Å². The molecule has 0 spiro atoms. The van der Waals surface area contributed by atoms with Crippen LogP contribution >= 0.6 is 34.3 Å². The van der Waals surface area contributed by atoms with Gasteiger partial charge in [0.25, 0.3) is 0 Å². The summed E-state index contributed by atoms with van der Waals surface area (Å²) in [6, 6.07) is 3.76. The summed E-state index contributed by atoms with van der Waals surface area (Å²) in [5, 5.41) is 12.6. The average molecular weight is 289 g/mol. The number of aromatic nitrogens is 1. The maximum atomic E-state index is 10.8. The van der Waals surface area contributed by atoms with Crippen LogP contribution in [0, 0.1) is 6.92 Å². The molecule has 2 aromatic rings. The summed E-state index contributed by atoms with van der Waals surface area (Å²) in [7, 11) is 0. The Balaban J connectivity index is 2.04. The maximum Gasteiger partial charge on any atom is 0.347 e. The lowest BCUT2D eigenvalue weighted by Gasteiger charge is -1.98. The minimum Gasteiger partial charge on any atom is -0.477 e. The van der Waals surface area contributed by atoms with Crippen molar-refractivity contribution in [1.82, 2.24) is 4.98 Å². The van der Waals surface area contributed by atoms with Crippen LogP contribution in [0.2, 0.25) is 4.34 Å². The number of thiophene rings is 1. The minimum absolute atomic E-state index is 0.275. The van der Waals surface area contributed by atoms with E-state index in [0.29, 0.717) is 17.4 Å². The van der Waals surface area contributed by atoms with Gasteiger partial charge in [0.1, 0.15) is 4.88 Å². The molecule has 0 amide bonds. The minimum atomic E-state index is -0.938. The molecule has 90 valence electrons. The van der Waals surface area contributed by atoms with Crippen LogP contribution in [0.1, 0.15) is 20.2 Å². The van der Waals surface area contributed by atoms with Crippen LogP contribution in [0.4, 0.5) is 5.13 Å². The van der Waals surface area contributed by atoms with E-state index in [0.717, 1.165) is 20.6 Å². The summed E-state index contributed by atoms with van der Waals surface area (Å²) in [6.07, 6.45) is 0. The molecule has 2 heterocycles. The fraction of sp³-hybridized carbons (Fsp3) is 0.200. The molecule has 0 radical (unpaired) electrons. The van der Waals surface area contributed by atoms with Gasteiger partial charge < -0.3 is 10.4 Å². The number of anilines is 1. The van der Waals surface area contributed by atoms with Crippen molar-refractivity contribution in [3.05, 3.63) is 31.9 Å². The third-order valence-corrected chi connectivity index (χ3v) is 4.37. The van der Waals surface area contributed by atoms with E-state index in [4.69, 9.17) is 16.7 Å². The van der Waals surface area contributed by atoms with Gasteiger partial charge in [-0.3, -0.25) is 0 Å². The first-order valence-corrected chi connectivity index (χ1v) is 6.76. The first-order chi connectivity index (χ1) is 8.06. The molecule has 0 aliphatic carbocycles. The van der Waals surface area contributed by atoms with E-state index in [1.165, 1.54) is 11.3 Å². The van der Waals surface area contributed by atoms with Crippen LogP contribution in [0.5, 0.6) is 0 Å². The maximum absolute atomic E-state index is 10.8. The lowest BCUT2D eigenvalue weighted by atomic mass is 10.4. The molecule has 2 N–H and O–H groups in total. The first kappa shape index (κ1) is 12.3. The van der Waals surface area contributed by atoms with Gasteiger partial charge in [-0.1, -0.05) is 22.9 Å². The number of aromatic carboxylic acids is 1. The van der Waals surface area contributed by atoms with Gasteiger partial charge >= 0.3 is 5.97 Å². The SMILES string of the molecule is Cc1nc(NCc2ccc(Cl)s2)sc1C(=O)O. The molecule has 0 saturated carbocycles. The van der Waals surface area contributed by atoms with Crippen LogP contribution in [0.25, 0.3) is 0 Å². The van der Waals surface area contributed by atoms with Gasteiger partial charge in [-0.15, -0.1) is 11.3 Å². The van der Waals surface area contributed by atoms with Crippen molar-refractivity contribution in [3.8, 4) is 0 Å². The van der Waals surface area contributed by atoms with Crippen LogP contribution in [-0.4, -0.2) is 16.1 Å². The van der Waals surface area contributed by atoms with Crippen LogP contribution in [0.3, 0.4) is 0 Å². The molecular weight excluding hydrogens is 280 g/mol. The molecular formula is C10H9ClN2O2S2. The molecule has 0 fully saturated rings. The van der Waals surface area contributed by atoms with Crippen molar-refractivity contribution in [3.63, 3.8) is 0 Å². The van der Waals surface area contributed by atoms with Gasteiger partial charge in [0.05, 0.1) is 16.6 Å². The Bertz CT molecular complexity index is 550. The fourth-order valence-corrected chi connectivity index (χ4v) is 3.11. The molecule has 0 atom stereocenters. The number of hydrogen-bond acceptors (Lipinski definition) is 5. The Labute approximate surface area is 111 Å². The number of halogens is 1. The zero-order valence-corrected chi connectivity index (χ0v) is 11.2. The molecule has 2 rings (SSSR count). The average Bonchev–Trinajstić information content (AvgIpc) is 2.82. The van der Waals surface area contributed by atoms with Gasteiger partial charge in [-0.25, -0.2) is 9.78 Å². The normalized spacial score (nSPS) is 10.5. The number of nitrogens with one attached hydrogen (secondary N) is 1. The van der Waals surface area contributed by atoms with Crippen molar-refractivity contribution < 1.29 is 9.90 Å². The van der Waals surface area contributed by atoms with Gasteiger partial charge in [-0.05, 0) is 19.1 Å². The second-order valence-electron chi connectivity index (χ2n) is 3.30. The zero-order chi connectivity index (χ0) is 12.4. The largest absolute Gasteiger partial charge is 0.477 e. The Morgan fingerprint density at radius 1 is 1.53 bits per heavy atom. The summed E-state index contributed by atoms with van der Waals surface area (Å²) in [5.74, 6) is -0.938. The predicted molar refractivity (Wildman–Crippen MR) is 70.5 cm³/mol. The highest BCUT2D eigenvalue weighted by Gasteiger charge is 2.13.